The second-order valence-corrected chi connectivity index (χ2v) is 6.57. The fraction of sp³-hybridized carbons (Fsp3) is 0.529. The monoisotopic (exact) mass is 317 g/mol. The highest BCUT2D eigenvalue weighted by Crippen LogP contribution is 2.27. The highest BCUT2D eigenvalue weighted by molar-refractivity contribution is 5.69. The fourth-order valence-electron chi connectivity index (χ4n) is 2.58. The molecule has 1 heterocycles. The summed E-state index contributed by atoms with van der Waals surface area (Å²) in [7, 11) is 1.58. The summed E-state index contributed by atoms with van der Waals surface area (Å²) in [6.45, 7) is 6.94. The summed E-state index contributed by atoms with van der Waals surface area (Å²) in [4.78, 5) is 13.9. The normalized spacial score (nSPS) is 17.5. The van der Waals surface area contributed by atoms with E-state index in [1.807, 2.05) is 32.9 Å². The molecule has 0 radical (unpaired) electrons. The van der Waals surface area contributed by atoms with Crippen molar-refractivity contribution >= 4 is 11.8 Å². The summed E-state index contributed by atoms with van der Waals surface area (Å²) < 4.78 is 10.4. The van der Waals surface area contributed by atoms with Gasteiger partial charge in [-0.05, 0) is 45.4 Å². The molecule has 2 rings (SSSR count). The molecule has 6 nitrogen and oxygen atoms in total. The number of rotatable bonds is 3. The predicted molar refractivity (Wildman–Crippen MR) is 87.7 cm³/mol. The first-order valence-electron chi connectivity index (χ1n) is 7.65. The Balaban J connectivity index is 2.00. The van der Waals surface area contributed by atoms with E-state index in [0.717, 1.165) is 18.7 Å². The van der Waals surface area contributed by atoms with Gasteiger partial charge >= 0.3 is 6.09 Å². The van der Waals surface area contributed by atoms with E-state index in [4.69, 9.17) is 9.47 Å². The van der Waals surface area contributed by atoms with Gasteiger partial charge in [-0.25, -0.2) is 4.79 Å². The number of nitrogens with one attached hydrogen (secondary N) is 1. The Bertz CT molecular complexity index is 616. The zero-order valence-electron chi connectivity index (χ0n) is 14.0. The molecule has 1 aliphatic heterocycles. The Morgan fingerprint density at radius 1 is 1.43 bits per heavy atom. The number of alkyl carbamates (subject to hydrolysis) is 1. The lowest BCUT2D eigenvalue weighted by Crippen LogP contribution is -2.40. The molecule has 124 valence electrons. The minimum Gasteiger partial charge on any atom is -0.497 e. The molecule has 1 fully saturated rings. The lowest BCUT2D eigenvalue weighted by atomic mass is 10.1. The fourth-order valence-corrected chi connectivity index (χ4v) is 2.58. The van der Waals surface area contributed by atoms with Crippen LogP contribution < -0.4 is 15.0 Å². The number of carbonyl (C=O) groups is 1. The quantitative estimate of drug-likeness (QED) is 0.927. The Labute approximate surface area is 137 Å². The second kappa shape index (κ2) is 6.78. The van der Waals surface area contributed by atoms with Gasteiger partial charge in [0.05, 0.1) is 24.4 Å². The summed E-state index contributed by atoms with van der Waals surface area (Å²) in [5, 5.41) is 12.2. The van der Waals surface area contributed by atoms with E-state index in [0.29, 0.717) is 17.9 Å². The van der Waals surface area contributed by atoms with Gasteiger partial charge in [-0.3, -0.25) is 0 Å². The third kappa shape index (κ3) is 4.52. The number of anilines is 1. The molecular weight excluding hydrogens is 294 g/mol. The van der Waals surface area contributed by atoms with Crippen LogP contribution in [0.15, 0.2) is 18.2 Å². The molecule has 6 heteroatoms. The summed E-state index contributed by atoms with van der Waals surface area (Å²) in [6.07, 6.45) is 0.412. The lowest BCUT2D eigenvalue weighted by molar-refractivity contribution is 0.0509. The maximum absolute atomic E-state index is 11.8. The van der Waals surface area contributed by atoms with Crippen molar-refractivity contribution in [3.63, 3.8) is 0 Å². The number of hydrogen-bond acceptors (Lipinski definition) is 5. The number of hydrogen-bond donors (Lipinski definition) is 1. The largest absolute Gasteiger partial charge is 0.497 e. The van der Waals surface area contributed by atoms with E-state index in [2.05, 4.69) is 16.3 Å². The first-order valence-corrected chi connectivity index (χ1v) is 7.65. The Morgan fingerprint density at radius 3 is 2.78 bits per heavy atom. The van der Waals surface area contributed by atoms with Gasteiger partial charge in [0.25, 0.3) is 0 Å². The van der Waals surface area contributed by atoms with Gasteiger partial charge in [-0.1, -0.05) is 0 Å². The minimum atomic E-state index is -0.508. The standard InChI is InChI=1S/C17H23N3O3/c1-17(2,3)23-16(21)19-13-7-8-20(11-13)15-6-5-14(22-4)9-12(15)10-18/h5-6,9,13H,7-8,11H2,1-4H3,(H,19,21). The summed E-state index contributed by atoms with van der Waals surface area (Å²) in [5.74, 6) is 0.660. The van der Waals surface area contributed by atoms with Crippen LogP contribution in [0.2, 0.25) is 0 Å². The van der Waals surface area contributed by atoms with Crippen molar-refractivity contribution < 1.29 is 14.3 Å². The van der Waals surface area contributed by atoms with Gasteiger partial charge in [-0.2, -0.15) is 5.26 Å². The SMILES string of the molecule is COc1ccc(N2CCC(NC(=O)OC(C)(C)C)C2)c(C#N)c1. The van der Waals surface area contributed by atoms with E-state index >= 15 is 0 Å². The number of nitriles is 1. The van der Waals surface area contributed by atoms with Crippen LogP contribution in [0.4, 0.5) is 10.5 Å². The molecule has 1 amide bonds. The van der Waals surface area contributed by atoms with Gasteiger partial charge in [0.15, 0.2) is 0 Å². The summed E-state index contributed by atoms with van der Waals surface area (Å²) in [5.41, 5.74) is 0.927. The van der Waals surface area contributed by atoms with Crippen molar-refractivity contribution in [3.05, 3.63) is 23.8 Å². The van der Waals surface area contributed by atoms with Crippen molar-refractivity contribution in [2.45, 2.75) is 38.8 Å². The van der Waals surface area contributed by atoms with Crippen molar-refractivity contribution in [1.82, 2.24) is 5.32 Å². The lowest BCUT2D eigenvalue weighted by Gasteiger charge is -2.23. The third-order valence-electron chi connectivity index (χ3n) is 3.57. The van der Waals surface area contributed by atoms with Crippen LogP contribution in [0.25, 0.3) is 0 Å². The average Bonchev–Trinajstić information content (AvgIpc) is 2.92. The number of amides is 1. The molecular formula is C17H23N3O3. The Kier molecular flexibility index (Phi) is 4.99. The van der Waals surface area contributed by atoms with Crippen LogP contribution in [-0.2, 0) is 4.74 Å². The molecule has 0 saturated carbocycles. The molecule has 1 saturated heterocycles. The second-order valence-electron chi connectivity index (χ2n) is 6.57. The number of ether oxygens (including phenoxy) is 2. The predicted octanol–water partition coefficient (Wildman–Crippen LogP) is 2.67. The molecule has 0 aromatic heterocycles. The van der Waals surface area contributed by atoms with Gasteiger partial charge in [0.1, 0.15) is 17.4 Å². The van der Waals surface area contributed by atoms with E-state index in [1.54, 1.807) is 13.2 Å². The zero-order valence-corrected chi connectivity index (χ0v) is 14.0. The van der Waals surface area contributed by atoms with Gasteiger partial charge in [0, 0.05) is 13.1 Å². The van der Waals surface area contributed by atoms with Crippen molar-refractivity contribution in [2.75, 3.05) is 25.1 Å². The topological polar surface area (TPSA) is 74.6 Å². The van der Waals surface area contributed by atoms with Gasteiger partial charge in [0.2, 0.25) is 0 Å². The maximum atomic E-state index is 11.8. The number of benzene rings is 1. The molecule has 0 bridgehead atoms. The number of nitrogens with zero attached hydrogens (tertiary/aromatic N) is 2. The van der Waals surface area contributed by atoms with Crippen LogP contribution in [0.5, 0.6) is 5.75 Å². The molecule has 1 aliphatic rings. The minimum absolute atomic E-state index is 0.0125. The highest BCUT2D eigenvalue weighted by Gasteiger charge is 2.27. The van der Waals surface area contributed by atoms with Crippen LogP contribution >= 0.6 is 0 Å². The summed E-state index contributed by atoms with van der Waals surface area (Å²) >= 11 is 0. The molecule has 1 unspecified atom stereocenters. The Morgan fingerprint density at radius 2 is 2.17 bits per heavy atom. The zero-order chi connectivity index (χ0) is 17.0. The molecule has 1 aromatic carbocycles. The third-order valence-corrected chi connectivity index (χ3v) is 3.57. The molecule has 1 N–H and O–H groups in total. The van der Waals surface area contributed by atoms with E-state index in [-0.39, 0.29) is 6.04 Å². The summed E-state index contributed by atoms with van der Waals surface area (Å²) in [6, 6.07) is 7.66. The van der Waals surface area contributed by atoms with Crippen molar-refractivity contribution in [3.8, 4) is 11.8 Å². The highest BCUT2D eigenvalue weighted by atomic mass is 16.6. The Hall–Kier alpha value is -2.42. The molecule has 23 heavy (non-hydrogen) atoms. The molecule has 1 aromatic rings. The van der Waals surface area contributed by atoms with Crippen LogP contribution in [0.3, 0.4) is 0 Å². The first-order chi connectivity index (χ1) is 10.8. The number of carbonyl (C=O) groups excluding carboxylic acids is 1. The van der Waals surface area contributed by atoms with Crippen molar-refractivity contribution in [2.24, 2.45) is 0 Å². The van der Waals surface area contributed by atoms with E-state index in [9.17, 15) is 10.1 Å². The number of methoxy groups -OCH3 is 1. The molecule has 0 aliphatic carbocycles. The van der Waals surface area contributed by atoms with Crippen molar-refractivity contribution in [1.29, 1.82) is 5.26 Å². The van der Waals surface area contributed by atoms with Crippen LogP contribution in [-0.4, -0.2) is 37.9 Å². The first kappa shape index (κ1) is 16.9. The van der Waals surface area contributed by atoms with E-state index < -0.39 is 11.7 Å². The van der Waals surface area contributed by atoms with E-state index in [1.165, 1.54) is 0 Å². The molecule has 1 atom stereocenters. The van der Waals surface area contributed by atoms with Gasteiger partial charge in [-0.15, -0.1) is 0 Å². The molecule has 0 spiro atoms. The van der Waals surface area contributed by atoms with Crippen LogP contribution in [0, 0.1) is 11.3 Å². The maximum Gasteiger partial charge on any atom is 0.407 e. The van der Waals surface area contributed by atoms with Crippen LogP contribution in [0.1, 0.15) is 32.8 Å². The van der Waals surface area contributed by atoms with Gasteiger partial charge < -0.3 is 19.7 Å². The average molecular weight is 317 g/mol. The smallest absolute Gasteiger partial charge is 0.407 e.